The summed E-state index contributed by atoms with van der Waals surface area (Å²) >= 11 is 12.1. The highest BCUT2D eigenvalue weighted by Gasteiger charge is 2.20. The lowest BCUT2D eigenvalue weighted by molar-refractivity contribution is 0.102. The Morgan fingerprint density at radius 3 is 2.34 bits per heavy atom. The van der Waals surface area contributed by atoms with Crippen molar-refractivity contribution >= 4 is 45.8 Å². The largest absolute Gasteiger partial charge is 0.330 e. The molecule has 0 saturated carbocycles. The van der Waals surface area contributed by atoms with Crippen LogP contribution < -0.4 is 10.7 Å². The van der Waals surface area contributed by atoms with Crippen LogP contribution in [-0.2, 0) is 7.05 Å². The van der Waals surface area contributed by atoms with Gasteiger partial charge in [-0.2, -0.15) is 0 Å². The van der Waals surface area contributed by atoms with Gasteiger partial charge in [-0.05, 0) is 35.9 Å². The van der Waals surface area contributed by atoms with Crippen molar-refractivity contribution in [2.24, 2.45) is 7.05 Å². The van der Waals surface area contributed by atoms with Crippen LogP contribution >= 0.6 is 23.2 Å². The Morgan fingerprint density at radius 1 is 0.931 bits per heavy atom. The molecular weight excluding hydrogens is 407 g/mol. The molecule has 0 saturated heterocycles. The van der Waals surface area contributed by atoms with E-state index in [0.29, 0.717) is 21.8 Å². The molecule has 1 N–H and O–H groups in total. The fraction of sp³-hybridized carbons (Fsp3) is 0.0435. The molecule has 0 aliphatic carbocycles. The van der Waals surface area contributed by atoms with Crippen molar-refractivity contribution in [2.45, 2.75) is 0 Å². The summed E-state index contributed by atoms with van der Waals surface area (Å²) in [4.78, 5) is 26.3. The first-order valence-corrected chi connectivity index (χ1v) is 9.66. The topological polar surface area (TPSA) is 51.1 Å². The molecule has 0 aliphatic heterocycles. The minimum atomic E-state index is -0.422. The van der Waals surface area contributed by atoms with E-state index in [1.54, 1.807) is 22.8 Å². The summed E-state index contributed by atoms with van der Waals surface area (Å²) in [7, 11) is 1.81. The molecule has 0 atom stereocenters. The molecule has 3 aromatic carbocycles. The SMILES string of the molecule is Cn1c(NC(=O)c2ccc(Cl)cc2Cl)c(-c2ccccc2)c(=O)c2ccccc21. The number of fused-ring (bicyclic) bond motifs is 1. The lowest BCUT2D eigenvalue weighted by Crippen LogP contribution is -2.21. The van der Waals surface area contributed by atoms with Crippen LogP contribution in [0.25, 0.3) is 22.0 Å². The number of aromatic nitrogens is 1. The quantitative estimate of drug-likeness (QED) is 0.455. The summed E-state index contributed by atoms with van der Waals surface area (Å²) in [6.45, 7) is 0. The maximum Gasteiger partial charge on any atom is 0.258 e. The molecule has 144 valence electrons. The Bertz CT molecular complexity index is 1300. The smallest absolute Gasteiger partial charge is 0.258 e. The van der Waals surface area contributed by atoms with Crippen LogP contribution in [0.4, 0.5) is 5.82 Å². The molecule has 0 unspecified atom stereocenters. The zero-order valence-electron chi connectivity index (χ0n) is 15.4. The van der Waals surface area contributed by atoms with E-state index in [1.807, 2.05) is 55.6 Å². The van der Waals surface area contributed by atoms with Crippen LogP contribution in [0.15, 0.2) is 77.6 Å². The Balaban J connectivity index is 1.94. The number of nitrogens with one attached hydrogen (secondary N) is 1. The number of para-hydroxylation sites is 1. The Kier molecular flexibility index (Phi) is 5.14. The number of anilines is 1. The van der Waals surface area contributed by atoms with Gasteiger partial charge in [0.25, 0.3) is 5.91 Å². The molecule has 0 bridgehead atoms. The number of nitrogens with zero attached hydrogens (tertiary/aromatic N) is 1. The highest BCUT2D eigenvalue weighted by Crippen LogP contribution is 2.29. The molecule has 0 aliphatic rings. The first-order valence-electron chi connectivity index (χ1n) is 8.91. The molecule has 1 heterocycles. The van der Waals surface area contributed by atoms with Gasteiger partial charge in [-0.1, -0.05) is 65.7 Å². The van der Waals surface area contributed by atoms with Crippen LogP contribution in [0, 0.1) is 0 Å². The van der Waals surface area contributed by atoms with Crippen molar-refractivity contribution < 1.29 is 4.79 Å². The number of aryl methyl sites for hydroxylation is 1. The molecule has 1 aromatic heterocycles. The van der Waals surface area contributed by atoms with Gasteiger partial charge < -0.3 is 9.88 Å². The molecule has 1 amide bonds. The van der Waals surface area contributed by atoms with E-state index >= 15 is 0 Å². The zero-order valence-corrected chi connectivity index (χ0v) is 17.0. The van der Waals surface area contributed by atoms with E-state index in [2.05, 4.69) is 5.32 Å². The summed E-state index contributed by atoms with van der Waals surface area (Å²) in [5.41, 5.74) is 1.98. The van der Waals surface area contributed by atoms with E-state index < -0.39 is 5.91 Å². The van der Waals surface area contributed by atoms with Crippen molar-refractivity contribution in [1.82, 2.24) is 4.57 Å². The van der Waals surface area contributed by atoms with E-state index in [4.69, 9.17) is 23.2 Å². The monoisotopic (exact) mass is 422 g/mol. The van der Waals surface area contributed by atoms with Gasteiger partial charge in [-0.3, -0.25) is 9.59 Å². The average Bonchev–Trinajstić information content (AvgIpc) is 2.72. The van der Waals surface area contributed by atoms with E-state index in [1.165, 1.54) is 6.07 Å². The molecule has 6 heteroatoms. The van der Waals surface area contributed by atoms with Gasteiger partial charge in [0.15, 0.2) is 5.43 Å². The number of hydrogen-bond donors (Lipinski definition) is 1. The minimum Gasteiger partial charge on any atom is -0.330 e. The predicted octanol–water partition coefficient (Wildman–Crippen LogP) is 5.76. The Labute approximate surface area is 177 Å². The summed E-state index contributed by atoms with van der Waals surface area (Å²) in [6.07, 6.45) is 0. The highest BCUT2D eigenvalue weighted by molar-refractivity contribution is 6.37. The summed E-state index contributed by atoms with van der Waals surface area (Å²) < 4.78 is 1.81. The van der Waals surface area contributed by atoms with Crippen molar-refractivity contribution in [2.75, 3.05) is 5.32 Å². The van der Waals surface area contributed by atoms with Gasteiger partial charge in [-0.25, -0.2) is 0 Å². The van der Waals surface area contributed by atoms with Crippen molar-refractivity contribution in [1.29, 1.82) is 0 Å². The number of benzene rings is 3. The average molecular weight is 423 g/mol. The second-order valence-corrected chi connectivity index (χ2v) is 7.42. The van der Waals surface area contributed by atoms with Crippen molar-refractivity contribution in [3.05, 3.63) is 98.6 Å². The first-order chi connectivity index (χ1) is 14.0. The van der Waals surface area contributed by atoms with Gasteiger partial charge >= 0.3 is 0 Å². The van der Waals surface area contributed by atoms with E-state index in [0.717, 1.165) is 11.1 Å². The van der Waals surface area contributed by atoms with Gasteiger partial charge in [0.05, 0.1) is 21.7 Å². The predicted molar refractivity (Wildman–Crippen MR) is 119 cm³/mol. The third kappa shape index (κ3) is 3.53. The normalized spacial score (nSPS) is 10.9. The van der Waals surface area contributed by atoms with Crippen LogP contribution in [0.2, 0.25) is 10.0 Å². The Hall–Kier alpha value is -3.08. The highest BCUT2D eigenvalue weighted by atomic mass is 35.5. The second kappa shape index (κ2) is 7.74. The fourth-order valence-corrected chi connectivity index (χ4v) is 3.85. The number of carbonyl (C=O) groups is 1. The van der Waals surface area contributed by atoms with Gasteiger partial charge in [0, 0.05) is 17.5 Å². The van der Waals surface area contributed by atoms with Crippen LogP contribution in [0.5, 0.6) is 0 Å². The molecule has 29 heavy (non-hydrogen) atoms. The second-order valence-electron chi connectivity index (χ2n) is 6.57. The number of carbonyl (C=O) groups excluding carboxylic acids is 1. The summed E-state index contributed by atoms with van der Waals surface area (Å²) in [5.74, 6) is -0.0231. The number of hydrogen-bond acceptors (Lipinski definition) is 2. The van der Waals surface area contributed by atoms with E-state index in [9.17, 15) is 9.59 Å². The van der Waals surface area contributed by atoms with Crippen LogP contribution in [-0.4, -0.2) is 10.5 Å². The van der Waals surface area contributed by atoms with Gasteiger partial charge in [0.1, 0.15) is 5.82 Å². The number of halogens is 2. The molecule has 0 fully saturated rings. The zero-order chi connectivity index (χ0) is 20.5. The molecule has 0 radical (unpaired) electrons. The third-order valence-electron chi connectivity index (χ3n) is 4.78. The maximum absolute atomic E-state index is 13.3. The number of pyridine rings is 1. The minimum absolute atomic E-state index is 0.151. The molecular formula is C23H16Cl2N2O2. The Morgan fingerprint density at radius 2 is 1.62 bits per heavy atom. The van der Waals surface area contributed by atoms with Crippen molar-refractivity contribution in [3.8, 4) is 11.1 Å². The standard InChI is InChI=1S/C23H16Cl2N2O2/c1-27-19-10-6-5-9-17(19)21(28)20(14-7-3-2-4-8-14)22(27)26-23(29)16-12-11-15(24)13-18(16)25/h2-13H,1H3,(H,26,29). The molecule has 4 rings (SSSR count). The molecule has 0 spiro atoms. The van der Waals surface area contributed by atoms with Gasteiger partial charge in [-0.15, -0.1) is 0 Å². The van der Waals surface area contributed by atoms with Crippen LogP contribution in [0.1, 0.15) is 10.4 Å². The molecule has 4 nitrogen and oxygen atoms in total. The lowest BCUT2D eigenvalue weighted by Gasteiger charge is -2.18. The van der Waals surface area contributed by atoms with Crippen molar-refractivity contribution in [3.63, 3.8) is 0 Å². The fourth-order valence-electron chi connectivity index (χ4n) is 3.36. The number of rotatable bonds is 3. The third-order valence-corrected chi connectivity index (χ3v) is 5.33. The van der Waals surface area contributed by atoms with Crippen LogP contribution in [0.3, 0.4) is 0 Å². The maximum atomic E-state index is 13.3. The van der Waals surface area contributed by atoms with E-state index in [-0.39, 0.29) is 16.0 Å². The lowest BCUT2D eigenvalue weighted by atomic mass is 10.0. The summed E-state index contributed by atoms with van der Waals surface area (Å²) in [6, 6.07) is 21.2. The van der Waals surface area contributed by atoms with Gasteiger partial charge in [0.2, 0.25) is 0 Å². The first kappa shape index (κ1) is 19.2. The molecule has 4 aromatic rings. The number of amides is 1. The summed E-state index contributed by atoms with van der Waals surface area (Å²) in [5, 5.41) is 4.14.